The van der Waals surface area contributed by atoms with Crippen LogP contribution in [-0.4, -0.2) is 16.8 Å². The van der Waals surface area contributed by atoms with E-state index in [1.54, 1.807) is 0 Å². The minimum Gasteiger partial charge on any atom is -0.352 e. The van der Waals surface area contributed by atoms with Gasteiger partial charge in [0.15, 0.2) is 0 Å². The zero-order valence-corrected chi connectivity index (χ0v) is 11.2. The summed E-state index contributed by atoms with van der Waals surface area (Å²) in [7, 11) is 0. The largest absolute Gasteiger partial charge is 0.352 e. The predicted molar refractivity (Wildman–Crippen MR) is 67.3 cm³/mol. The highest BCUT2D eigenvalue weighted by Crippen LogP contribution is 2.17. The summed E-state index contributed by atoms with van der Waals surface area (Å²) in [5.74, 6) is 0.170. The van der Waals surface area contributed by atoms with Crippen LogP contribution in [0.1, 0.15) is 58.3 Å². The van der Waals surface area contributed by atoms with Gasteiger partial charge < -0.3 is 5.32 Å². The Labute approximate surface area is 101 Å². The van der Waals surface area contributed by atoms with Crippen LogP contribution in [0.15, 0.2) is 0 Å². The third-order valence-corrected chi connectivity index (χ3v) is 4.16. The van der Waals surface area contributed by atoms with Crippen molar-refractivity contribution in [2.75, 3.05) is 0 Å². The van der Waals surface area contributed by atoms with Crippen molar-refractivity contribution in [3.63, 3.8) is 0 Å². The van der Waals surface area contributed by atoms with Crippen LogP contribution in [0.5, 0.6) is 0 Å². The first-order chi connectivity index (χ1) is 7.24. The van der Waals surface area contributed by atoms with Crippen LogP contribution in [0.3, 0.4) is 0 Å². The standard InChI is InChI=1S/C12H22BrNO/c1-2-11(13)12(15)14-10-8-6-4-3-5-7-9-10/h10-11H,2-9H2,1H3,(H,14,15). The lowest BCUT2D eigenvalue weighted by atomic mass is 9.96. The highest BCUT2D eigenvalue weighted by Gasteiger charge is 2.17. The predicted octanol–water partition coefficient (Wildman–Crippen LogP) is 3.39. The molecular formula is C12H22BrNO. The molecule has 1 unspecified atom stereocenters. The lowest BCUT2D eigenvalue weighted by molar-refractivity contribution is -0.121. The number of alkyl halides is 1. The average Bonchev–Trinajstić information content (AvgIpc) is 2.20. The van der Waals surface area contributed by atoms with E-state index in [1.807, 2.05) is 6.92 Å². The number of nitrogens with one attached hydrogen (secondary N) is 1. The van der Waals surface area contributed by atoms with Crippen LogP contribution in [0.4, 0.5) is 0 Å². The second kappa shape index (κ2) is 7.26. The molecule has 0 bridgehead atoms. The molecule has 1 aliphatic rings. The molecule has 1 atom stereocenters. The lowest BCUT2D eigenvalue weighted by Gasteiger charge is -2.22. The summed E-state index contributed by atoms with van der Waals surface area (Å²) in [6, 6.07) is 0.421. The van der Waals surface area contributed by atoms with Gasteiger partial charge in [-0.3, -0.25) is 4.79 Å². The van der Waals surface area contributed by atoms with E-state index < -0.39 is 0 Å². The zero-order chi connectivity index (χ0) is 11.1. The van der Waals surface area contributed by atoms with Gasteiger partial charge in [-0.25, -0.2) is 0 Å². The molecule has 1 rings (SSSR count). The quantitative estimate of drug-likeness (QED) is 0.786. The molecule has 2 nitrogen and oxygen atoms in total. The molecule has 1 aliphatic carbocycles. The first kappa shape index (κ1) is 13.0. The topological polar surface area (TPSA) is 29.1 Å². The Balaban J connectivity index is 2.31. The van der Waals surface area contributed by atoms with Crippen molar-refractivity contribution in [1.29, 1.82) is 0 Å². The first-order valence-corrected chi connectivity index (χ1v) is 7.10. The molecule has 3 heteroatoms. The number of carbonyl (C=O) groups is 1. The highest BCUT2D eigenvalue weighted by molar-refractivity contribution is 9.10. The van der Waals surface area contributed by atoms with E-state index in [4.69, 9.17) is 0 Å². The van der Waals surface area contributed by atoms with Gasteiger partial charge in [0.2, 0.25) is 5.91 Å². The van der Waals surface area contributed by atoms with Gasteiger partial charge in [-0.1, -0.05) is 55.0 Å². The van der Waals surface area contributed by atoms with Crippen molar-refractivity contribution in [3.8, 4) is 0 Å². The van der Waals surface area contributed by atoms with E-state index in [0.29, 0.717) is 6.04 Å². The molecular weight excluding hydrogens is 254 g/mol. The van der Waals surface area contributed by atoms with E-state index in [2.05, 4.69) is 21.2 Å². The molecule has 1 amide bonds. The maximum Gasteiger partial charge on any atom is 0.233 e. The molecule has 0 aromatic rings. The summed E-state index contributed by atoms with van der Waals surface area (Å²) in [4.78, 5) is 11.7. The number of hydrogen-bond donors (Lipinski definition) is 1. The number of carbonyl (C=O) groups excluding carboxylic acids is 1. The fraction of sp³-hybridized carbons (Fsp3) is 0.917. The fourth-order valence-electron chi connectivity index (χ4n) is 2.08. The fourth-order valence-corrected chi connectivity index (χ4v) is 2.21. The van der Waals surface area contributed by atoms with Crippen molar-refractivity contribution in [1.82, 2.24) is 5.32 Å². The first-order valence-electron chi connectivity index (χ1n) is 6.18. The second-order valence-corrected chi connectivity index (χ2v) is 5.53. The summed E-state index contributed by atoms with van der Waals surface area (Å²) >= 11 is 3.39. The molecule has 1 fully saturated rings. The van der Waals surface area contributed by atoms with Gasteiger partial charge in [0, 0.05) is 6.04 Å². The van der Waals surface area contributed by atoms with Crippen LogP contribution >= 0.6 is 15.9 Å². The van der Waals surface area contributed by atoms with Crippen LogP contribution in [0.25, 0.3) is 0 Å². The van der Waals surface area contributed by atoms with E-state index in [9.17, 15) is 4.79 Å². The van der Waals surface area contributed by atoms with Crippen molar-refractivity contribution in [2.24, 2.45) is 0 Å². The Morgan fingerprint density at radius 3 is 2.33 bits per heavy atom. The minimum atomic E-state index is -0.0112. The maximum atomic E-state index is 11.7. The van der Waals surface area contributed by atoms with Gasteiger partial charge in [-0.15, -0.1) is 0 Å². The van der Waals surface area contributed by atoms with E-state index >= 15 is 0 Å². The molecule has 1 N–H and O–H groups in total. The second-order valence-electron chi connectivity index (χ2n) is 4.43. The summed E-state index contributed by atoms with van der Waals surface area (Å²) in [6.07, 6.45) is 9.75. The van der Waals surface area contributed by atoms with Gasteiger partial charge in [-0.2, -0.15) is 0 Å². The minimum absolute atomic E-state index is 0.0112. The van der Waals surface area contributed by atoms with Crippen LogP contribution in [0, 0.1) is 0 Å². The average molecular weight is 276 g/mol. The summed E-state index contributed by atoms with van der Waals surface area (Å²) in [6.45, 7) is 2.02. The van der Waals surface area contributed by atoms with Crippen LogP contribution < -0.4 is 5.32 Å². The molecule has 0 saturated heterocycles. The van der Waals surface area contributed by atoms with E-state index in [-0.39, 0.29) is 10.7 Å². The molecule has 0 radical (unpaired) electrons. The van der Waals surface area contributed by atoms with Crippen molar-refractivity contribution in [2.45, 2.75) is 69.2 Å². The van der Waals surface area contributed by atoms with Gasteiger partial charge in [0.1, 0.15) is 0 Å². The molecule has 1 saturated carbocycles. The van der Waals surface area contributed by atoms with Crippen LogP contribution in [0.2, 0.25) is 0 Å². The van der Waals surface area contributed by atoms with Crippen molar-refractivity contribution >= 4 is 21.8 Å². The smallest absolute Gasteiger partial charge is 0.233 e. The Hall–Kier alpha value is -0.0500. The van der Waals surface area contributed by atoms with Gasteiger partial charge in [-0.05, 0) is 19.3 Å². The molecule has 0 aromatic carbocycles. The van der Waals surface area contributed by atoms with Crippen LogP contribution in [-0.2, 0) is 4.79 Å². The highest BCUT2D eigenvalue weighted by atomic mass is 79.9. The lowest BCUT2D eigenvalue weighted by Crippen LogP contribution is -2.39. The monoisotopic (exact) mass is 275 g/mol. The Morgan fingerprint density at radius 2 is 1.80 bits per heavy atom. The number of amides is 1. The van der Waals surface area contributed by atoms with Crippen molar-refractivity contribution in [3.05, 3.63) is 0 Å². The number of halogens is 1. The molecule has 0 heterocycles. The van der Waals surface area contributed by atoms with Gasteiger partial charge in [0.25, 0.3) is 0 Å². The van der Waals surface area contributed by atoms with Gasteiger partial charge in [0.05, 0.1) is 4.83 Å². The SMILES string of the molecule is CCC(Br)C(=O)NC1CCCCCCC1. The van der Waals surface area contributed by atoms with E-state index in [1.165, 1.54) is 32.1 Å². The molecule has 0 aliphatic heterocycles. The number of hydrogen-bond acceptors (Lipinski definition) is 1. The summed E-state index contributed by atoms with van der Waals surface area (Å²) in [5, 5.41) is 3.15. The van der Waals surface area contributed by atoms with Crippen molar-refractivity contribution < 1.29 is 4.79 Å². The number of rotatable bonds is 3. The third-order valence-electron chi connectivity index (χ3n) is 3.09. The Morgan fingerprint density at radius 1 is 1.27 bits per heavy atom. The van der Waals surface area contributed by atoms with E-state index in [0.717, 1.165) is 19.3 Å². The summed E-state index contributed by atoms with van der Waals surface area (Å²) < 4.78 is 0. The Kier molecular flexibility index (Phi) is 6.30. The zero-order valence-electron chi connectivity index (χ0n) is 9.60. The molecule has 15 heavy (non-hydrogen) atoms. The molecule has 0 aromatic heterocycles. The molecule has 88 valence electrons. The normalized spacial score (nSPS) is 21.5. The summed E-state index contributed by atoms with van der Waals surface area (Å²) in [5.41, 5.74) is 0. The molecule has 0 spiro atoms. The van der Waals surface area contributed by atoms with Gasteiger partial charge >= 0.3 is 0 Å². The Bertz CT molecular complexity index is 188. The third kappa shape index (κ3) is 5.01. The maximum absolute atomic E-state index is 11.7.